The van der Waals surface area contributed by atoms with Crippen LogP contribution in [-0.2, 0) is 13.1 Å². The molecule has 0 bridgehead atoms. The number of halogens is 1. The highest BCUT2D eigenvalue weighted by molar-refractivity contribution is 5.70. The van der Waals surface area contributed by atoms with Crippen LogP contribution < -0.4 is 10.3 Å². The second-order valence-corrected chi connectivity index (χ2v) is 6.24. The van der Waals surface area contributed by atoms with Crippen molar-refractivity contribution in [2.24, 2.45) is 0 Å². The minimum Gasteiger partial charge on any atom is -0.496 e. The Morgan fingerprint density at radius 2 is 1.88 bits per heavy atom. The van der Waals surface area contributed by atoms with Gasteiger partial charge in [-0.3, -0.25) is 9.69 Å². The number of ether oxygens (including phenoxy) is 1. The molecule has 2 aromatic carbocycles. The van der Waals surface area contributed by atoms with Gasteiger partial charge in [0.2, 0.25) is 5.56 Å². The van der Waals surface area contributed by atoms with Crippen molar-refractivity contribution in [1.82, 2.24) is 9.88 Å². The molecule has 0 radical (unpaired) electrons. The lowest BCUT2D eigenvalue weighted by Gasteiger charge is -2.18. The van der Waals surface area contributed by atoms with Gasteiger partial charge in [-0.1, -0.05) is 24.3 Å². The Kier molecular flexibility index (Phi) is 5.49. The van der Waals surface area contributed by atoms with Crippen LogP contribution in [0.15, 0.2) is 65.6 Å². The third-order valence-corrected chi connectivity index (χ3v) is 4.20. The summed E-state index contributed by atoms with van der Waals surface area (Å²) in [4.78, 5) is 16.3. The molecule has 0 aliphatic rings. The summed E-state index contributed by atoms with van der Waals surface area (Å²) in [5, 5.41) is 0. The largest absolute Gasteiger partial charge is 0.496 e. The van der Waals surface area contributed by atoms with Gasteiger partial charge in [0.15, 0.2) is 0 Å². The van der Waals surface area contributed by atoms with Crippen LogP contribution in [0.2, 0.25) is 0 Å². The van der Waals surface area contributed by atoms with Crippen LogP contribution in [0.25, 0.3) is 11.1 Å². The highest BCUT2D eigenvalue weighted by Gasteiger charge is 2.10. The standard InChI is InChI=1S/C21H21FN2O2/c1-24(14-17-5-3-4-6-19(17)22)13-15-7-8-20(26-2)18(11-15)16-9-10-23-21(25)12-16/h3-12H,13-14H2,1-2H3,(H,23,25). The van der Waals surface area contributed by atoms with Gasteiger partial charge in [0.1, 0.15) is 11.6 Å². The van der Waals surface area contributed by atoms with Crippen LogP contribution in [0.5, 0.6) is 5.75 Å². The summed E-state index contributed by atoms with van der Waals surface area (Å²) in [7, 11) is 3.56. The molecule has 134 valence electrons. The first-order valence-electron chi connectivity index (χ1n) is 8.35. The number of nitrogens with zero attached hydrogens (tertiary/aromatic N) is 1. The van der Waals surface area contributed by atoms with Gasteiger partial charge in [-0.2, -0.15) is 0 Å². The molecule has 0 spiro atoms. The maximum absolute atomic E-state index is 13.8. The van der Waals surface area contributed by atoms with E-state index in [2.05, 4.69) is 4.98 Å². The molecule has 0 fully saturated rings. The number of methoxy groups -OCH3 is 1. The molecule has 4 nitrogen and oxygen atoms in total. The molecule has 1 aromatic heterocycles. The van der Waals surface area contributed by atoms with Crippen molar-refractivity contribution in [2.75, 3.05) is 14.2 Å². The smallest absolute Gasteiger partial charge is 0.248 e. The quantitative estimate of drug-likeness (QED) is 0.733. The fourth-order valence-corrected chi connectivity index (χ4v) is 2.98. The van der Waals surface area contributed by atoms with Gasteiger partial charge in [0.05, 0.1) is 7.11 Å². The molecule has 0 saturated carbocycles. The Balaban J connectivity index is 1.83. The predicted molar refractivity (Wildman–Crippen MR) is 101 cm³/mol. The topological polar surface area (TPSA) is 45.3 Å². The summed E-state index contributed by atoms with van der Waals surface area (Å²) in [5.41, 5.74) is 3.21. The number of H-pyrrole nitrogens is 1. The van der Waals surface area contributed by atoms with Gasteiger partial charge in [-0.05, 0) is 42.4 Å². The van der Waals surface area contributed by atoms with Crippen molar-refractivity contribution in [1.29, 1.82) is 0 Å². The van der Waals surface area contributed by atoms with E-state index in [-0.39, 0.29) is 11.4 Å². The number of aromatic amines is 1. The number of aromatic nitrogens is 1. The maximum atomic E-state index is 13.8. The van der Waals surface area contributed by atoms with E-state index in [0.29, 0.717) is 24.4 Å². The Morgan fingerprint density at radius 3 is 2.62 bits per heavy atom. The van der Waals surface area contributed by atoms with E-state index in [0.717, 1.165) is 16.7 Å². The average molecular weight is 352 g/mol. The molecule has 0 aliphatic heterocycles. The fraction of sp³-hybridized carbons (Fsp3) is 0.190. The zero-order chi connectivity index (χ0) is 18.5. The molecule has 0 aliphatic carbocycles. The molecular weight excluding hydrogens is 331 g/mol. The summed E-state index contributed by atoms with van der Waals surface area (Å²) in [6.45, 7) is 1.16. The lowest BCUT2D eigenvalue weighted by molar-refractivity contribution is 0.313. The summed E-state index contributed by atoms with van der Waals surface area (Å²) in [5.74, 6) is 0.509. The lowest BCUT2D eigenvalue weighted by atomic mass is 10.0. The van der Waals surface area contributed by atoms with Crippen LogP contribution in [0.1, 0.15) is 11.1 Å². The van der Waals surface area contributed by atoms with Crippen LogP contribution >= 0.6 is 0 Å². The molecule has 0 unspecified atom stereocenters. The van der Waals surface area contributed by atoms with E-state index < -0.39 is 0 Å². The van der Waals surface area contributed by atoms with Gasteiger partial charge in [0.25, 0.3) is 0 Å². The monoisotopic (exact) mass is 352 g/mol. The number of hydrogen-bond donors (Lipinski definition) is 1. The minimum absolute atomic E-state index is 0.161. The Labute approximate surface area is 151 Å². The van der Waals surface area contributed by atoms with Gasteiger partial charge < -0.3 is 9.72 Å². The number of nitrogens with one attached hydrogen (secondary N) is 1. The molecule has 1 N–H and O–H groups in total. The molecule has 5 heteroatoms. The maximum Gasteiger partial charge on any atom is 0.248 e. The highest BCUT2D eigenvalue weighted by atomic mass is 19.1. The lowest BCUT2D eigenvalue weighted by Crippen LogP contribution is -2.18. The Hall–Kier alpha value is -2.92. The van der Waals surface area contributed by atoms with Crippen molar-refractivity contribution >= 4 is 0 Å². The van der Waals surface area contributed by atoms with Crippen LogP contribution in [0.4, 0.5) is 4.39 Å². The van der Waals surface area contributed by atoms with E-state index in [1.807, 2.05) is 42.3 Å². The molecule has 3 rings (SSSR count). The highest BCUT2D eigenvalue weighted by Crippen LogP contribution is 2.30. The molecule has 3 aromatic rings. The third-order valence-electron chi connectivity index (χ3n) is 4.20. The third kappa shape index (κ3) is 4.18. The summed E-state index contributed by atoms with van der Waals surface area (Å²) in [6, 6.07) is 16.1. The van der Waals surface area contributed by atoms with E-state index in [9.17, 15) is 9.18 Å². The Bertz CT molecular complexity index is 952. The van der Waals surface area contributed by atoms with Crippen molar-refractivity contribution in [3.63, 3.8) is 0 Å². The van der Waals surface area contributed by atoms with Crippen LogP contribution in [0.3, 0.4) is 0 Å². The molecule has 0 atom stereocenters. The summed E-state index contributed by atoms with van der Waals surface area (Å²) < 4.78 is 19.3. The van der Waals surface area contributed by atoms with Crippen molar-refractivity contribution in [3.8, 4) is 16.9 Å². The fourth-order valence-electron chi connectivity index (χ4n) is 2.98. The zero-order valence-corrected chi connectivity index (χ0v) is 14.8. The first kappa shape index (κ1) is 17.9. The van der Waals surface area contributed by atoms with Gasteiger partial charge in [-0.25, -0.2) is 4.39 Å². The first-order chi connectivity index (χ1) is 12.6. The number of rotatable bonds is 6. The number of benzene rings is 2. The van der Waals surface area contributed by atoms with Crippen LogP contribution in [0, 0.1) is 5.82 Å². The molecular formula is C21H21FN2O2. The predicted octanol–water partition coefficient (Wildman–Crippen LogP) is 3.82. The van der Waals surface area contributed by atoms with Gasteiger partial charge in [0, 0.05) is 36.5 Å². The first-order valence-corrected chi connectivity index (χ1v) is 8.35. The van der Waals surface area contributed by atoms with Gasteiger partial charge in [-0.15, -0.1) is 0 Å². The van der Waals surface area contributed by atoms with E-state index in [1.54, 1.807) is 31.5 Å². The second kappa shape index (κ2) is 7.97. The van der Waals surface area contributed by atoms with Gasteiger partial charge >= 0.3 is 0 Å². The van der Waals surface area contributed by atoms with Crippen molar-refractivity contribution in [2.45, 2.75) is 13.1 Å². The minimum atomic E-state index is -0.196. The molecule has 1 heterocycles. The van der Waals surface area contributed by atoms with E-state index >= 15 is 0 Å². The van der Waals surface area contributed by atoms with E-state index in [1.165, 1.54) is 6.07 Å². The number of hydrogen-bond acceptors (Lipinski definition) is 3. The summed E-state index contributed by atoms with van der Waals surface area (Å²) >= 11 is 0. The zero-order valence-electron chi connectivity index (χ0n) is 14.8. The molecule has 0 saturated heterocycles. The Morgan fingerprint density at radius 1 is 1.08 bits per heavy atom. The molecule has 26 heavy (non-hydrogen) atoms. The average Bonchev–Trinajstić information content (AvgIpc) is 2.63. The molecule has 0 amide bonds. The summed E-state index contributed by atoms with van der Waals surface area (Å²) in [6.07, 6.45) is 1.62. The number of pyridine rings is 1. The SMILES string of the molecule is COc1ccc(CN(C)Cc2ccccc2F)cc1-c1cc[nH]c(=O)c1. The van der Waals surface area contributed by atoms with E-state index in [4.69, 9.17) is 4.74 Å². The van der Waals surface area contributed by atoms with Crippen LogP contribution in [-0.4, -0.2) is 24.0 Å². The normalized spacial score (nSPS) is 10.9. The second-order valence-electron chi connectivity index (χ2n) is 6.24. The van der Waals surface area contributed by atoms with Crippen molar-refractivity contribution in [3.05, 3.63) is 88.1 Å². The van der Waals surface area contributed by atoms with Crippen molar-refractivity contribution < 1.29 is 9.13 Å².